The lowest BCUT2D eigenvalue weighted by Gasteiger charge is -2.23. The van der Waals surface area contributed by atoms with E-state index in [1.54, 1.807) is 16.6 Å². The summed E-state index contributed by atoms with van der Waals surface area (Å²) in [5.41, 5.74) is 0.975. The molecule has 0 aliphatic carbocycles. The molecule has 1 atom stereocenters. The third-order valence-corrected chi connectivity index (χ3v) is 5.82. The van der Waals surface area contributed by atoms with E-state index in [9.17, 15) is 0 Å². The Balaban J connectivity index is 1.02. The van der Waals surface area contributed by atoms with E-state index in [2.05, 4.69) is 25.6 Å². The van der Waals surface area contributed by atoms with Crippen LogP contribution in [0, 0.1) is 0 Å². The highest BCUT2D eigenvalue weighted by Gasteiger charge is 2.27. The molecule has 5 rings (SSSR count). The zero-order valence-corrected chi connectivity index (χ0v) is 18.1. The number of hydrogen-bond donors (Lipinski definition) is 0. The molecule has 0 N–H and O–H groups in total. The largest absolute Gasteiger partial charge is 0.485 e. The van der Waals surface area contributed by atoms with Crippen LogP contribution in [-0.2, 0) is 6.54 Å². The highest BCUT2D eigenvalue weighted by Crippen LogP contribution is 2.36. The van der Waals surface area contributed by atoms with Gasteiger partial charge >= 0.3 is 0 Å². The zero-order valence-electron chi connectivity index (χ0n) is 17.3. The summed E-state index contributed by atoms with van der Waals surface area (Å²) < 4.78 is 17.4. The number of aryl methyl sites for hydroxylation is 1. The molecule has 0 fully saturated rings. The Kier molecular flexibility index (Phi) is 6.29. The van der Waals surface area contributed by atoms with Crippen molar-refractivity contribution in [2.24, 2.45) is 0 Å². The summed E-state index contributed by atoms with van der Waals surface area (Å²) in [5.74, 6) is 3.41. The van der Waals surface area contributed by atoms with Crippen molar-refractivity contribution >= 4 is 11.8 Å². The van der Waals surface area contributed by atoms with Crippen molar-refractivity contribution in [3.8, 4) is 22.9 Å². The Morgan fingerprint density at radius 2 is 1.75 bits per heavy atom. The van der Waals surface area contributed by atoms with Crippen molar-refractivity contribution in [3.63, 3.8) is 0 Å². The van der Waals surface area contributed by atoms with Gasteiger partial charge in [0, 0.05) is 11.3 Å². The average Bonchev–Trinajstić information content (AvgIpc) is 3.52. The number of tetrazole rings is 1. The normalized spacial score (nSPS) is 15.1. The fourth-order valence-electron chi connectivity index (χ4n) is 3.28. The molecule has 0 saturated heterocycles. The Hall–Kier alpha value is -3.40. The molecular formula is C22H22N6O3S. The van der Waals surface area contributed by atoms with E-state index in [1.807, 2.05) is 54.6 Å². The van der Waals surface area contributed by atoms with Gasteiger partial charge in [0.05, 0.1) is 6.54 Å². The summed E-state index contributed by atoms with van der Waals surface area (Å²) in [5, 5.41) is 21.5. The van der Waals surface area contributed by atoms with Crippen molar-refractivity contribution < 1.29 is 13.9 Å². The number of para-hydroxylation sites is 2. The minimum Gasteiger partial charge on any atom is -0.485 e. The standard InChI is InChI=1S/C22H22N6O3S/c1-3-9-16(10-4-1)20-23-27-28(26-20)13-7-2-8-14-32-22-25-24-21(31-22)19-15-29-17-11-5-6-12-18(17)30-19/h1,3-6,9-12,19H,2,7-8,13-15H2. The molecule has 4 aromatic rings. The predicted octanol–water partition coefficient (Wildman–Crippen LogP) is 4.20. The van der Waals surface area contributed by atoms with Crippen LogP contribution < -0.4 is 9.47 Å². The smallest absolute Gasteiger partial charge is 0.276 e. The molecule has 2 aromatic carbocycles. The number of rotatable bonds is 9. The summed E-state index contributed by atoms with van der Waals surface area (Å²) in [6, 6.07) is 17.4. The van der Waals surface area contributed by atoms with Crippen LogP contribution >= 0.6 is 11.8 Å². The fraction of sp³-hybridized carbons (Fsp3) is 0.318. The van der Waals surface area contributed by atoms with Crippen LogP contribution in [0.25, 0.3) is 11.4 Å². The highest BCUT2D eigenvalue weighted by molar-refractivity contribution is 7.99. The second-order valence-electron chi connectivity index (χ2n) is 7.25. The summed E-state index contributed by atoms with van der Waals surface area (Å²) in [6.07, 6.45) is 2.67. The van der Waals surface area contributed by atoms with Gasteiger partial charge in [-0.1, -0.05) is 60.6 Å². The Labute approximate surface area is 189 Å². The molecule has 0 amide bonds. The fourth-order valence-corrected chi connectivity index (χ4v) is 4.05. The van der Waals surface area contributed by atoms with Gasteiger partial charge in [-0.25, -0.2) is 0 Å². The lowest BCUT2D eigenvalue weighted by molar-refractivity contribution is 0.0686. The van der Waals surface area contributed by atoms with Crippen LogP contribution in [0.3, 0.4) is 0 Å². The molecule has 0 spiro atoms. The maximum absolute atomic E-state index is 5.91. The molecular weight excluding hydrogens is 428 g/mol. The summed E-state index contributed by atoms with van der Waals surface area (Å²) in [4.78, 5) is 1.66. The Morgan fingerprint density at radius 3 is 2.66 bits per heavy atom. The summed E-state index contributed by atoms with van der Waals surface area (Å²) in [6.45, 7) is 1.10. The summed E-state index contributed by atoms with van der Waals surface area (Å²) >= 11 is 1.55. The molecule has 0 radical (unpaired) electrons. The Morgan fingerprint density at radius 1 is 0.906 bits per heavy atom. The topological polar surface area (TPSA) is 101 Å². The van der Waals surface area contributed by atoms with Gasteiger partial charge in [-0.15, -0.1) is 20.4 Å². The van der Waals surface area contributed by atoms with Crippen molar-refractivity contribution in [2.45, 2.75) is 37.1 Å². The lowest BCUT2D eigenvalue weighted by Crippen LogP contribution is -2.21. The predicted molar refractivity (Wildman–Crippen MR) is 117 cm³/mol. The molecule has 0 saturated carbocycles. The van der Waals surface area contributed by atoms with Crippen LogP contribution in [0.4, 0.5) is 0 Å². The van der Waals surface area contributed by atoms with E-state index in [4.69, 9.17) is 13.9 Å². The molecule has 3 heterocycles. The SMILES string of the molecule is c1ccc(-c2nnn(CCCCCSc3nnc(C4COc5ccccc5O4)o3)n2)cc1. The zero-order chi connectivity index (χ0) is 21.6. The number of aromatic nitrogens is 6. The molecule has 9 nitrogen and oxygen atoms in total. The van der Waals surface area contributed by atoms with Gasteiger partial charge in [0.15, 0.2) is 11.5 Å². The highest BCUT2D eigenvalue weighted by atomic mass is 32.2. The van der Waals surface area contributed by atoms with Crippen LogP contribution in [0.5, 0.6) is 11.5 Å². The van der Waals surface area contributed by atoms with Crippen molar-refractivity contribution in [1.82, 2.24) is 30.4 Å². The first-order valence-electron chi connectivity index (χ1n) is 10.5. The third kappa shape index (κ3) is 4.91. The third-order valence-electron chi connectivity index (χ3n) is 4.92. The quantitative estimate of drug-likeness (QED) is 0.274. The molecule has 0 bridgehead atoms. The number of thioether (sulfide) groups is 1. The minimum absolute atomic E-state index is 0.353. The second kappa shape index (κ2) is 9.82. The first-order chi connectivity index (χ1) is 15.8. The molecule has 164 valence electrons. The molecule has 1 aliphatic rings. The van der Waals surface area contributed by atoms with Gasteiger partial charge in [-0.3, -0.25) is 0 Å². The molecule has 10 heteroatoms. The Bertz CT molecular complexity index is 1150. The minimum atomic E-state index is -0.386. The summed E-state index contributed by atoms with van der Waals surface area (Å²) in [7, 11) is 0. The van der Waals surface area contributed by atoms with E-state index in [0.717, 1.165) is 42.9 Å². The molecule has 1 aliphatic heterocycles. The first-order valence-corrected chi connectivity index (χ1v) is 11.5. The maximum atomic E-state index is 5.91. The second-order valence-corrected chi connectivity index (χ2v) is 8.30. The van der Waals surface area contributed by atoms with E-state index in [0.29, 0.717) is 29.3 Å². The average molecular weight is 451 g/mol. The van der Waals surface area contributed by atoms with Gasteiger partial charge in [-0.2, -0.15) is 4.80 Å². The van der Waals surface area contributed by atoms with Gasteiger partial charge in [0.1, 0.15) is 6.61 Å². The van der Waals surface area contributed by atoms with Gasteiger partial charge in [0.2, 0.25) is 11.9 Å². The van der Waals surface area contributed by atoms with E-state index in [-0.39, 0.29) is 6.10 Å². The van der Waals surface area contributed by atoms with Gasteiger partial charge in [-0.05, 0) is 30.2 Å². The molecule has 1 unspecified atom stereocenters. The van der Waals surface area contributed by atoms with E-state index < -0.39 is 0 Å². The van der Waals surface area contributed by atoms with Gasteiger partial charge in [0.25, 0.3) is 11.1 Å². The number of hydrogen-bond acceptors (Lipinski definition) is 9. The van der Waals surface area contributed by atoms with Crippen LogP contribution in [-0.4, -0.2) is 42.8 Å². The number of nitrogens with zero attached hydrogens (tertiary/aromatic N) is 6. The van der Waals surface area contributed by atoms with Gasteiger partial charge < -0.3 is 13.9 Å². The number of fused-ring (bicyclic) bond motifs is 1. The maximum Gasteiger partial charge on any atom is 0.276 e. The monoisotopic (exact) mass is 450 g/mol. The van der Waals surface area contributed by atoms with Crippen molar-refractivity contribution in [1.29, 1.82) is 0 Å². The van der Waals surface area contributed by atoms with Crippen LogP contribution in [0.15, 0.2) is 64.2 Å². The number of benzene rings is 2. The molecule has 32 heavy (non-hydrogen) atoms. The number of ether oxygens (including phenoxy) is 2. The van der Waals surface area contributed by atoms with Crippen LogP contribution in [0.2, 0.25) is 0 Å². The van der Waals surface area contributed by atoms with Crippen molar-refractivity contribution in [2.75, 3.05) is 12.4 Å². The molecule has 2 aromatic heterocycles. The van der Waals surface area contributed by atoms with E-state index >= 15 is 0 Å². The van der Waals surface area contributed by atoms with Crippen molar-refractivity contribution in [3.05, 3.63) is 60.5 Å². The number of unbranched alkanes of at least 4 members (excludes halogenated alkanes) is 2. The van der Waals surface area contributed by atoms with Crippen LogP contribution in [0.1, 0.15) is 31.3 Å². The first kappa shape index (κ1) is 20.5. The van der Waals surface area contributed by atoms with E-state index in [1.165, 1.54) is 0 Å². The lowest BCUT2D eigenvalue weighted by atomic mass is 10.2.